The smallest absolute Gasteiger partial charge is 0.229 e. The van der Waals surface area contributed by atoms with Crippen LogP contribution in [0.4, 0.5) is 0 Å². The molecule has 0 spiro atoms. The Morgan fingerprint density at radius 2 is 2.44 bits per heavy atom. The Morgan fingerprint density at radius 1 is 1.67 bits per heavy atom. The summed E-state index contributed by atoms with van der Waals surface area (Å²) in [4.78, 5) is 0. The van der Waals surface area contributed by atoms with Gasteiger partial charge in [0.1, 0.15) is 5.76 Å². The minimum absolute atomic E-state index is 0.874. The molecular weight excluding hydrogens is 128 g/mol. The average Bonchev–Trinajstić information content (AvgIpc) is 2.15. The summed E-state index contributed by atoms with van der Waals surface area (Å²) in [6, 6.07) is 0. The van der Waals surface area contributed by atoms with Crippen molar-refractivity contribution in [3.63, 3.8) is 0 Å². The molecule has 0 aliphatic heterocycles. The van der Waals surface area contributed by atoms with Gasteiger partial charge in [0, 0.05) is 6.08 Å². The molecule has 1 aliphatic carbocycles. The molecule has 0 bridgehead atoms. The maximum atomic E-state index is 5.47. The summed E-state index contributed by atoms with van der Waals surface area (Å²) in [5, 5.41) is 0. The Bertz CT molecular complexity index is 147. The van der Waals surface area contributed by atoms with Gasteiger partial charge in [-0.05, 0) is 25.6 Å². The van der Waals surface area contributed by atoms with E-state index in [1.165, 1.54) is 0 Å². The molecule has 0 saturated carbocycles. The van der Waals surface area contributed by atoms with Gasteiger partial charge in [0.25, 0.3) is 0 Å². The zero-order valence-corrected chi connectivity index (χ0v) is 7.00. The lowest BCUT2D eigenvalue weighted by atomic mass is 10.5. The first-order valence-electron chi connectivity index (χ1n) is 3.23. The molecule has 1 rings (SSSR count). The van der Waals surface area contributed by atoms with Gasteiger partial charge in [-0.3, -0.25) is 0 Å². The second kappa shape index (κ2) is 2.87. The van der Waals surface area contributed by atoms with Crippen LogP contribution in [0.3, 0.4) is 0 Å². The summed E-state index contributed by atoms with van der Waals surface area (Å²) in [6.07, 6.45) is 8.09. The normalized spacial score (nSPS) is 16.6. The molecular formula is C7H11OSi. The Labute approximate surface area is 57.8 Å². The molecule has 0 aromatic heterocycles. The number of rotatable bonds is 2. The molecule has 2 heteroatoms. The molecule has 49 valence electrons. The van der Waals surface area contributed by atoms with Crippen LogP contribution in [0.25, 0.3) is 0 Å². The lowest BCUT2D eigenvalue weighted by Crippen LogP contribution is -2.04. The monoisotopic (exact) mass is 139 g/mol. The summed E-state index contributed by atoms with van der Waals surface area (Å²) in [7, 11) is -0.874. The SMILES string of the molecule is C[SiH](C)OC1=[C]CC=C1. The van der Waals surface area contributed by atoms with E-state index in [9.17, 15) is 0 Å². The number of hydrogen-bond acceptors (Lipinski definition) is 1. The van der Waals surface area contributed by atoms with Gasteiger partial charge in [-0.1, -0.05) is 6.08 Å². The van der Waals surface area contributed by atoms with E-state index >= 15 is 0 Å². The van der Waals surface area contributed by atoms with Gasteiger partial charge >= 0.3 is 0 Å². The van der Waals surface area contributed by atoms with E-state index in [1.807, 2.05) is 6.08 Å². The van der Waals surface area contributed by atoms with Crippen LogP contribution in [-0.2, 0) is 4.43 Å². The second-order valence-electron chi connectivity index (χ2n) is 2.31. The van der Waals surface area contributed by atoms with Gasteiger partial charge in [-0.15, -0.1) is 0 Å². The molecule has 0 fully saturated rings. The third-order valence-corrected chi connectivity index (χ3v) is 1.75. The average molecular weight is 139 g/mol. The zero-order chi connectivity index (χ0) is 6.69. The predicted molar refractivity (Wildman–Crippen MR) is 40.5 cm³/mol. The van der Waals surface area contributed by atoms with Crippen molar-refractivity contribution in [1.82, 2.24) is 0 Å². The number of allylic oxidation sites excluding steroid dienone is 3. The first kappa shape index (κ1) is 6.61. The van der Waals surface area contributed by atoms with Crippen LogP contribution in [0.15, 0.2) is 17.9 Å². The summed E-state index contributed by atoms with van der Waals surface area (Å²) >= 11 is 0. The first-order valence-corrected chi connectivity index (χ1v) is 6.01. The van der Waals surface area contributed by atoms with Crippen molar-refractivity contribution in [2.24, 2.45) is 0 Å². The highest BCUT2D eigenvalue weighted by atomic mass is 28.3. The summed E-state index contributed by atoms with van der Waals surface area (Å²) < 4.78 is 5.47. The van der Waals surface area contributed by atoms with Gasteiger partial charge in [-0.2, -0.15) is 0 Å². The highest BCUT2D eigenvalue weighted by Crippen LogP contribution is 2.09. The molecule has 1 aliphatic rings. The van der Waals surface area contributed by atoms with Crippen molar-refractivity contribution in [3.05, 3.63) is 24.0 Å². The Kier molecular flexibility index (Phi) is 2.11. The van der Waals surface area contributed by atoms with Crippen LogP contribution in [-0.4, -0.2) is 9.04 Å². The van der Waals surface area contributed by atoms with E-state index in [-0.39, 0.29) is 0 Å². The minimum atomic E-state index is -0.874. The Hall–Kier alpha value is -0.503. The highest BCUT2D eigenvalue weighted by Gasteiger charge is 2.01. The highest BCUT2D eigenvalue weighted by molar-refractivity contribution is 6.48. The Morgan fingerprint density at radius 3 is 2.89 bits per heavy atom. The number of hydrogen-bond donors (Lipinski definition) is 0. The summed E-state index contributed by atoms with van der Waals surface area (Å²) in [6.45, 7) is 4.31. The fourth-order valence-electron chi connectivity index (χ4n) is 0.719. The van der Waals surface area contributed by atoms with E-state index in [0.29, 0.717) is 0 Å². The van der Waals surface area contributed by atoms with Crippen molar-refractivity contribution < 1.29 is 4.43 Å². The first-order chi connectivity index (χ1) is 4.29. The van der Waals surface area contributed by atoms with Gasteiger partial charge in [0.05, 0.1) is 0 Å². The van der Waals surface area contributed by atoms with E-state index in [0.717, 1.165) is 12.2 Å². The van der Waals surface area contributed by atoms with Gasteiger partial charge in [-0.25, -0.2) is 0 Å². The Balaban J connectivity index is 2.35. The largest absolute Gasteiger partial charge is 0.547 e. The standard InChI is InChI=1S/C7H11OSi/c1-9(2)8-7-5-3-4-6-7/h3,5,9H,4H2,1-2H3. The van der Waals surface area contributed by atoms with E-state index in [1.54, 1.807) is 0 Å². The molecule has 1 nitrogen and oxygen atoms in total. The molecule has 0 atom stereocenters. The molecule has 0 unspecified atom stereocenters. The lowest BCUT2D eigenvalue weighted by Gasteiger charge is -2.06. The molecule has 1 radical (unpaired) electrons. The topological polar surface area (TPSA) is 9.23 Å². The van der Waals surface area contributed by atoms with E-state index < -0.39 is 9.04 Å². The maximum Gasteiger partial charge on any atom is 0.229 e. The van der Waals surface area contributed by atoms with Crippen molar-refractivity contribution in [2.45, 2.75) is 19.5 Å². The molecule has 0 heterocycles. The van der Waals surface area contributed by atoms with Crippen LogP contribution in [0, 0.1) is 6.08 Å². The third-order valence-electron chi connectivity index (χ3n) is 1.03. The van der Waals surface area contributed by atoms with Crippen LogP contribution in [0.1, 0.15) is 6.42 Å². The van der Waals surface area contributed by atoms with Crippen molar-refractivity contribution in [3.8, 4) is 0 Å². The predicted octanol–water partition coefficient (Wildman–Crippen LogP) is 1.63. The molecule has 9 heavy (non-hydrogen) atoms. The quantitative estimate of drug-likeness (QED) is 0.528. The fourth-order valence-corrected chi connectivity index (χ4v) is 1.39. The fraction of sp³-hybridized carbons (Fsp3) is 0.429. The second-order valence-corrected chi connectivity index (χ2v) is 4.65. The van der Waals surface area contributed by atoms with Crippen molar-refractivity contribution in [1.29, 1.82) is 0 Å². The van der Waals surface area contributed by atoms with Crippen molar-refractivity contribution >= 4 is 9.04 Å². The molecule has 0 amide bonds. The van der Waals surface area contributed by atoms with Gasteiger partial charge < -0.3 is 4.43 Å². The van der Waals surface area contributed by atoms with Gasteiger partial charge in [0.2, 0.25) is 9.04 Å². The van der Waals surface area contributed by atoms with Crippen LogP contribution in [0.2, 0.25) is 13.1 Å². The lowest BCUT2D eigenvalue weighted by molar-refractivity contribution is 0.459. The molecule has 0 aromatic carbocycles. The van der Waals surface area contributed by atoms with Crippen LogP contribution in [0.5, 0.6) is 0 Å². The van der Waals surface area contributed by atoms with E-state index in [2.05, 4.69) is 25.2 Å². The third kappa shape index (κ3) is 2.06. The van der Waals surface area contributed by atoms with Crippen molar-refractivity contribution in [2.75, 3.05) is 0 Å². The summed E-state index contributed by atoms with van der Waals surface area (Å²) in [5.41, 5.74) is 0. The minimum Gasteiger partial charge on any atom is -0.547 e. The summed E-state index contributed by atoms with van der Waals surface area (Å²) in [5.74, 6) is 0.955. The van der Waals surface area contributed by atoms with Crippen LogP contribution >= 0.6 is 0 Å². The molecule has 0 N–H and O–H groups in total. The van der Waals surface area contributed by atoms with E-state index in [4.69, 9.17) is 4.43 Å². The zero-order valence-electron chi connectivity index (χ0n) is 5.85. The molecule has 0 aromatic rings. The van der Waals surface area contributed by atoms with Gasteiger partial charge in [0.15, 0.2) is 0 Å². The maximum absolute atomic E-state index is 5.47. The van der Waals surface area contributed by atoms with Crippen LogP contribution < -0.4 is 0 Å². The molecule has 0 saturated heterocycles.